The minimum Gasteiger partial charge on any atom is -0.384 e. The van der Waals surface area contributed by atoms with Crippen molar-refractivity contribution in [2.45, 2.75) is 33.4 Å². The van der Waals surface area contributed by atoms with Gasteiger partial charge < -0.3 is 5.11 Å². The largest absolute Gasteiger partial charge is 0.384 e. The highest BCUT2D eigenvalue weighted by atomic mass is 16.2. The first kappa shape index (κ1) is 13.8. The van der Waals surface area contributed by atoms with Gasteiger partial charge in [0.25, 0.3) is 0 Å². The number of hydrogen-bond acceptors (Lipinski definition) is 2. The molecule has 0 amide bonds. The topological polar surface area (TPSA) is 23.5 Å². The van der Waals surface area contributed by atoms with Crippen molar-refractivity contribution >= 4 is 0 Å². The molecule has 0 fully saturated rings. The molecule has 2 nitrogen and oxygen atoms in total. The number of nitrogens with zero attached hydrogens (tertiary/aromatic N) is 1. The summed E-state index contributed by atoms with van der Waals surface area (Å²) in [7, 11) is 0. The molecule has 1 aromatic carbocycles. The minimum absolute atomic E-state index is 0.0860. The maximum atomic E-state index is 8.67. The Morgan fingerprint density at radius 3 is 2.71 bits per heavy atom. The van der Waals surface area contributed by atoms with Crippen molar-refractivity contribution in [3.8, 4) is 11.8 Å². The predicted octanol–water partition coefficient (Wildman–Crippen LogP) is 2.26. The van der Waals surface area contributed by atoms with Gasteiger partial charge >= 0.3 is 0 Å². The molecular weight excluding hydrogens is 210 g/mol. The van der Waals surface area contributed by atoms with Crippen molar-refractivity contribution in [3.63, 3.8) is 0 Å². The van der Waals surface area contributed by atoms with Gasteiger partial charge in [0, 0.05) is 18.2 Å². The third-order valence-corrected chi connectivity index (χ3v) is 2.76. The molecule has 17 heavy (non-hydrogen) atoms. The van der Waals surface area contributed by atoms with E-state index in [2.05, 4.69) is 49.6 Å². The van der Waals surface area contributed by atoms with Crippen LogP contribution in [-0.2, 0) is 6.54 Å². The molecule has 0 bridgehead atoms. The summed E-state index contributed by atoms with van der Waals surface area (Å²) in [5, 5.41) is 8.67. The standard InChI is InChI=1S/C15H21NO/c1-4-16(13(2)3)12-15-8-5-7-14(11-15)9-6-10-17/h5,7-8,11,13,17H,4,10,12H2,1-3H3. The SMILES string of the molecule is CCN(Cc1cccc(C#CCO)c1)C(C)C. The highest BCUT2D eigenvalue weighted by molar-refractivity contribution is 5.37. The van der Waals surface area contributed by atoms with E-state index in [1.807, 2.05) is 12.1 Å². The molecule has 92 valence electrons. The van der Waals surface area contributed by atoms with E-state index in [-0.39, 0.29) is 6.61 Å². The lowest BCUT2D eigenvalue weighted by molar-refractivity contribution is 0.225. The van der Waals surface area contributed by atoms with E-state index >= 15 is 0 Å². The third-order valence-electron chi connectivity index (χ3n) is 2.76. The molecule has 0 saturated carbocycles. The van der Waals surface area contributed by atoms with Crippen LogP contribution in [0.3, 0.4) is 0 Å². The molecule has 0 unspecified atom stereocenters. The lowest BCUT2D eigenvalue weighted by Gasteiger charge is -2.24. The van der Waals surface area contributed by atoms with E-state index in [9.17, 15) is 0 Å². The number of benzene rings is 1. The fraction of sp³-hybridized carbons (Fsp3) is 0.467. The molecule has 0 aliphatic carbocycles. The zero-order chi connectivity index (χ0) is 12.7. The number of hydrogen-bond donors (Lipinski definition) is 1. The van der Waals surface area contributed by atoms with Crippen LogP contribution in [0.15, 0.2) is 24.3 Å². The molecule has 0 atom stereocenters. The van der Waals surface area contributed by atoms with Gasteiger partial charge in [-0.25, -0.2) is 0 Å². The zero-order valence-corrected chi connectivity index (χ0v) is 10.9. The van der Waals surface area contributed by atoms with Crippen molar-refractivity contribution in [1.82, 2.24) is 4.90 Å². The molecule has 1 aromatic rings. The Bertz CT molecular complexity index is 401. The second kappa shape index (κ2) is 7.11. The summed E-state index contributed by atoms with van der Waals surface area (Å²) in [6.07, 6.45) is 0. The molecule has 1 rings (SSSR count). The Morgan fingerprint density at radius 2 is 2.12 bits per heavy atom. The van der Waals surface area contributed by atoms with E-state index < -0.39 is 0 Å². The van der Waals surface area contributed by atoms with Gasteiger partial charge in [-0.05, 0) is 38.1 Å². The van der Waals surface area contributed by atoms with Crippen LogP contribution in [0.5, 0.6) is 0 Å². The average molecular weight is 231 g/mol. The summed E-state index contributed by atoms with van der Waals surface area (Å²) >= 11 is 0. The van der Waals surface area contributed by atoms with E-state index in [0.29, 0.717) is 6.04 Å². The summed E-state index contributed by atoms with van der Waals surface area (Å²) in [6.45, 7) is 8.50. The van der Waals surface area contributed by atoms with Crippen LogP contribution >= 0.6 is 0 Å². The first-order chi connectivity index (χ1) is 8.17. The van der Waals surface area contributed by atoms with E-state index in [4.69, 9.17) is 5.11 Å². The molecule has 0 aromatic heterocycles. The van der Waals surface area contributed by atoms with Crippen LogP contribution in [0.1, 0.15) is 31.9 Å². The molecular formula is C15H21NO. The van der Waals surface area contributed by atoms with Crippen LogP contribution < -0.4 is 0 Å². The zero-order valence-electron chi connectivity index (χ0n) is 10.9. The van der Waals surface area contributed by atoms with Crippen LogP contribution in [0.4, 0.5) is 0 Å². The monoisotopic (exact) mass is 231 g/mol. The summed E-state index contributed by atoms with van der Waals surface area (Å²) in [5.74, 6) is 5.61. The molecule has 0 heterocycles. The Balaban J connectivity index is 2.77. The molecule has 2 heteroatoms. The summed E-state index contributed by atoms with van der Waals surface area (Å²) in [5.41, 5.74) is 2.24. The predicted molar refractivity (Wildman–Crippen MR) is 71.6 cm³/mol. The molecule has 0 saturated heterocycles. The van der Waals surface area contributed by atoms with Gasteiger partial charge in [-0.3, -0.25) is 4.90 Å². The second-order valence-corrected chi connectivity index (χ2v) is 4.32. The minimum atomic E-state index is -0.0860. The van der Waals surface area contributed by atoms with Crippen molar-refractivity contribution in [3.05, 3.63) is 35.4 Å². The van der Waals surface area contributed by atoms with Crippen molar-refractivity contribution < 1.29 is 5.11 Å². The van der Waals surface area contributed by atoms with Crippen LogP contribution in [-0.4, -0.2) is 29.2 Å². The lowest BCUT2D eigenvalue weighted by Crippen LogP contribution is -2.29. The van der Waals surface area contributed by atoms with Crippen LogP contribution in [0.2, 0.25) is 0 Å². The first-order valence-electron chi connectivity index (χ1n) is 6.10. The number of aliphatic hydroxyl groups excluding tert-OH is 1. The summed E-state index contributed by atoms with van der Waals surface area (Å²) in [4.78, 5) is 2.40. The van der Waals surface area contributed by atoms with Gasteiger partial charge in [0.15, 0.2) is 0 Å². The summed E-state index contributed by atoms with van der Waals surface area (Å²) in [6, 6.07) is 8.75. The van der Waals surface area contributed by atoms with Gasteiger partial charge in [-0.2, -0.15) is 0 Å². The quantitative estimate of drug-likeness (QED) is 0.803. The van der Waals surface area contributed by atoms with Gasteiger partial charge in [0.05, 0.1) is 0 Å². The van der Waals surface area contributed by atoms with Crippen molar-refractivity contribution in [2.75, 3.05) is 13.2 Å². The third kappa shape index (κ3) is 4.60. The van der Waals surface area contributed by atoms with Crippen molar-refractivity contribution in [2.24, 2.45) is 0 Å². The first-order valence-corrected chi connectivity index (χ1v) is 6.10. The fourth-order valence-corrected chi connectivity index (χ4v) is 1.78. The highest BCUT2D eigenvalue weighted by Gasteiger charge is 2.07. The smallest absolute Gasteiger partial charge is 0.104 e. The number of aliphatic hydroxyl groups is 1. The van der Waals surface area contributed by atoms with Gasteiger partial charge in [-0.1, -0.05) is 30.9 Å². The Morgan fingerprint density at radius 1 is 1.35 bits per heavy atom. The van der Waals surface area contributed by atoms with Gasteiger partial charge in [-0.15, -0.1) is 0 Å². The molecule has 0 spiro atoms. The second-order valence-electron chi connectivity index (χ2n) is 4.32. The number of rotatable bonds is 4. The maximum Gasteiger partial charge on any atom is 0.104 e. The summed E-state index contributed by atoms with van der Waals surface area (Å²) < 4.78 is 0. The lowest BCUT2D eigenvalue weighted by atomic mass is 10.1. The highest BCUT2D eigenvalue weighted by Crippen LogP contribution is 2.09. The van der Waals surface area contributed by atoms with Gasteiger partial charge in [0.2, 0.25) is 0 Å². The molecule has 0 radical (unpaired) electrons. The van der Waals surface area contributed by atoms with Crippen LogP contribution in [0.25, 0.3) is 0 Å². The molecule has 0 aliphatic heterocycles. The van der Waals surface area contributed by atoms with E-state index in [1.54, 1.807) is 0 Å². The van der Waals surface area contributed by atoms with Gasteiger partial charge in [0.1, 0.15) is 6.61 Å². The fourth-order valence-electron chi connectivity index (χ4n) is 1.78. The van der Waals surface area contributed by atoms with E-state index in [0.717, 1.165) is 18.7 Å². The maximum absolute atomic E-state index is 8.67. The Kier molecular flexibility index (Phi) is 5.76. The Hall–Kier alpha value is -1.30. The molecule has 1 N–H and O–H groups in total. The normalized spacial score (nSPS) is 10.5. The van der Waals surface area contributed by atoms with Crippen molar-refractivity contribution in [1.29, 1.82) is 0 Å². The average Bonchev–Trinajstić information content (AvgIpc) is 2.33. The van der Waals surface area contributed by atoms with E-state index in [1.165, 1.54) is 5.56 Å². The molecule has 0 aliphatic rings. The van der Waals surface area contributed by atoms with Crippen LogP contribution in [0, 0.1) is 11.8 Å². The Labute approximate surface area is 104 Å².